The molecule has 7 heteroatoms. The molecule has 1 saturated heterocycles. The minimum absolute atomic E-state index is 0.0964. The Labute approximate surface area is 105 Å². The molecule has 18 heavy (non-hydrogen) atoms. The zero-order chi connectivity index (χ0) is 13.9. The van der Waals surface area contributed by atoms with Crippen LogP contribution in [0, 0.1) is 5.41 Å². The molecule has 0 aromatic carbocycles. The van der Waals surface area contributed by atoms with Gasteiger partial charge in [-0.3, -0.25) is 4.79 Å². The Kier molecular flexibility index (Phi) is 5.06. The van der Waals surface area contributed by atoms with E-state index in [0.29, 0.717) is 0 Å². The predicted octanol–water partition coefficient (Wildman–Crippen LogP) is -1.01. The molecule has 5 atom stereocenters. The molecule has 0 amide bonds. The summed E-state index contributed by atoms with van der Waals surface area (Å²) in [6.45, 7) is 6.14. The Bertz CT molecular complexity index is 275. The zero-order valence-corrected chi connectivity index (χ0v) is 10.6. The molecule has 1 heterocycles. The van der Waals surface area contributed by atoms with Crippen LogP contribution in [-0.4, -0.2) is 59.3 Å². The number of hydrogen-bond donors (Lipinski definition) is 3. The number of carbonyl (C=O) groups excluding carboxylic acids is 1. The standard InChI is InChI=1S/C11H20O7/c1-11(2,3)4-16-9-7(14)6(13)8(15)10(18-9)17-5-12/h5-10,13-15H,4H2,1-3H3. The fourth-order valence-electron chi connectivity index (χ4n) is 1.45. The lowest BCUT2D eigenvalue weighted by Crippen LogP contribution is -2.59. The van der Waals surface area contributed by atoms with Crippen molar-refractivity contribution < 1.29 is 34.3 Å². The molecule has 0 radical (unpaired) electrons. The molecule has 0 aromatic heterocycles. The Morgan fingerprint density at radius 1 is 1.11 bits per heavy atom. The molecule has 1 aliphatic heterocycles. The van der Waals surface area contributed by atoms with Gasteiger partial charge < -0.3 is 29.5 Å². The molecule has 1 rings (SSSR count). The molecule has 5 unspecified atom stereocenters. The van der Waals surface area contributed by atoms with E-state index in [1.807, 2.05) is 20.8 Å². The number of hydrogen-bond acceptors (Lipinski definition) is 7. The van der Waals surface area contributed by atoms with Gasteiger partial charge >= 0.3 is 0 Å². The van der Waals surface area contributed by atoms with Gasteiger partial charge in [-0.15, -0.1) is 0 Å². The summed E-state index contributed by atoms with van der Waals surface area (Å²) in [5.74, 6) is 0. The van der Waals surface area contributed by atoms with Gasteiger partial charge in [-0.2, -0.15) is 0 Å². The SMILES string of the molecule is CC(C)(C)COC1OC(OC=O)C(O)C(O)C1O. The average molecular weight is 264 g/mol. The Hall–Kier alpha value is -0.730. The molecular formula is C11H20O7. The molecule has 1 fully saturated rings. The molecule has 7 nitrogen and oxygen atoms in total. The van der Waals surface area contributed by atoms with Gasteiger partial charge in [0.05, 0.1) is 6.61 Å². The highest BCUT2D eigenvalue weighted by atomic mass is 16.8. The van der Waals surface area contributed by atoms with Crippen molar-refractivity contribution in [1.29, 1.82) is 0 Å². The average Bonchev–Trinajstić information content (AvgIpc) is 2.27. The second kappa shape index (κ2) is 5.94. The summed E-state index contributed by atoms with van der Waals surface area (Å²) in [5, 5.41) is 28.8. The Balaban J connectivity index is 2.64. The number of aliphatic hydroxyl groups is 3. The molecule has 0 saturated carbocycles. The van der Waals surface area contributed by atoms with Crippen molar-refractivity contribution in [3.63, 3.8) is 0 Å². The van der Waals surface area contributed by atoms with Gasteiger partial charge in [-0.1, -0.05) is 20.8 Å². The van der Waals surface area contributed by atoms with Crippen LogP contribution >= 0.6 is 0 Å². The molecule has 0 spiro atoms. The molecule has 0 bridgehead atoms. The van der Waals surface area contributed by atoms with Gasteiger partial charge in [-0.05, 0) is 5.41 Å². The van der Waals surface area contributed by atoms with Gasteiger partial charge in [0, 0.05) is 0 Å². The summed E-state index contributed by atoms with van der Waals surface area (Å²) < 4.78 is 14.9. The van der Waals surface area contributed by atoms with E-state index in [4.69, 9.17) is 9.47 Å². The van der Waals surface area contributed by atoms with E-state index in [9.17, 15) is 20.1 Å². The van der Waals surface area contributed by atoms with Gasteiger partial charge in [0.25, 0.3) is 6.47 Å². The highest BCUT2D eigenvalue weighted by molar-refractivity contribution is 5.37. The highest BCUT2D eigenvalue weighted by Crippen LogP contribution is 2.24. The summed E-state index contributed by atoms with van der Waals surface area (Å²) in [6.07, 6.45) is -6.94. The van der Waals surface area contributed by atoms with Gasteiger partial charge in [0.1, 0.15) is 18.3 Å². The van der Waals surface area contributed by atoms with Gasteiger partial charge in [0.15, 0.2) is 6.29 Å². The fraction of sp³-hybridized carbons (Fsp3) is 0.909. The van der Waals surface area contributed by atoms with Crippen LogP contribution in [0.25, 0.3) is 0 Å². The van der Waals surface area contributed by atoms with Crippen molar-refractivity contribution in [2.24, 2.45) is 5.41 Å². The lowest BCUT2D eigenvalue weighted by Gasteiger charge is -2.39. The molecule has 0 aromatic rings. The van der Waals surface area contributed by atoms with E-state index in [0.717, 1.165) is 0 Å². The predicted molar refractivity (Wildman–Crippen MR) is 59.2 cm³/mol. The maximum absolute atomic E-state index is 10.2. The van der Waals surface area contributed by atoms with E-state index in [1.165, 1.54) is 0 Å². The number of ether oxygens (including phenoxy) is 3. The van der Waals surface area contributed by atoms with Crippen molar-refractivity contribution >= 4 is 6.47 Å². The molecule has 1 aliphatic rings. The third-order valence-electron chi connectivity index (χ3n) is 2.40. The monoisotopic (exact) mass is 264 g/mol. The van der Waals surface area contributed by atoms with E-state index in [1.54, 1.807) is 0 Å². The van der Waals surface area contributed by atoms with Crippen LogP contribution in [0.2, 0.25) is 0 Å². The van der Waals surface area contributed by atoms with Crippen LogP contribution in [0.1, 0.15) is 20.8 Å². The lowest BCUT2D eigenvalue weighted by molar-refractivity contribution is -0.342. The van der Waals surface area contributed by atoms with Crippen molar-refractivity contribution in [2.75, 3.05) is 6.61 Å². The number of rotatable bonds is 4. The second-order valence-corrected chi connectivity index (χ2v) is 5.45. The van der Waals surface area contributed by atoms with Crippen LogP contribution in [0.4, 0.5) is 0 Å². The smallest absolute Gasteiger partial charge is 0.295 e. The molecule has 3 N–H and O–H groups in total. The third kappa shape index (κ3) is 3.89. The summed E-state index contributed by atoms with van der Waals surface area (Å²) >= 11 is 0. The van der Waals surface area contributed by atoms with Crippen LogP contribution in [0.15, 0.2) is 0 Å². The number of carbonyl (C=O) groups is 1. The summed E-state index contributed by atoms with van der Waals surface area (Å²) in [4.78, 5) is 10.2. The normalized spacial score (nSPS) is 37.3. The largest absolute Gasteiger partial charge is 0.435 e. The lowest BCUT2D eigenvalue weighted by atomic mass is 9.98. The topological polar surface area (TPSA) is 105 Å². The maximum atomic E-state index is 10.2. The summed E-state index contributed by atoms with van der Waals surface area (Å²) in [6, 6.07) is 0. The van der Waals surface area contributed by atoms with Gasteiger partial charge in [0.2, 0.25) is 6.29 Å². The fourth-order valence-corrected chi connectivity index (χ4v) is 1.45. The number of aliphatic hydroxyl groups excluding tert-OH is 3. The first-order valence-corrected chi connectivity index (χ1v) is 5.66. The van der Waals surface area contributed by atoms with Crippen molar-refractivity contribution in [1.82, 2.24) is 0 Å². The molecule has 0 aliphatic carbocycles. The van der Waals surface area contributed by atoms with E-state index < -0.39 is 30.9 Å². The van der Waals surface area contributed by atoms with Crippen LogP contribution in [0.3, 0.4) is 0 Å². The van der Waals surface area contributed by atoms with Crippen LogP contribution in [0.5, 0.6) is 0 Å². The van der Waals surface area contributed by atoms with Crippen molar-refractivity contribution in [3.05, 3.63) is 0 Å². The zero-order valence-electron chi connectivity index (χ0n) is 10.6. The van der Waals surface area contributed by atoms with Crippen LogP contribution in [-0.2, 0) is 19.0 Å². The first-order valence-electron chi connectivity index (χ1n) is 5.66. The molecular weight excluding hydrogens is 244 g/mol. The first-order chi connectivity index (χ1) is 8.26. The second-order valence-electron chi connectivity index (χ2n) is 5.45. The minimum Gasteiger partial charge on any atom is -0.435 e. The summed E-state index contributed by atoms with van der Waals surface area (Å²) in [5.41, 5.74) is -0.162. The first kappa shape index (κ1) is 15.3. The van der Waals surface area contributed by atoms with Crippen molar-refractivity contribution in [2.45, 2.75) is 51.7 Å². The Morgan fingerprint density at radius 3 is 2.17 bits per heavy atom. The van der Waals surface area contributed by atoms with E-state index >= 15 is 0 Å². The van der Waals surface area contributed by atoms with Crippen molar-refractivity contribution in [3.8, 4) is 0 Å². The molecule has 106 valence electrons. The minimum atomic E-state index is -1.51. The highest BCUT2D eigenvalue weighted by Gasteiger charge is 2.45. The third-order valence-corrected chi connectivity index (χ3v) is 2.40. The van der Waals surface area contributed by atoms with E-state index in [2.05, 4.69) is 4.74 Å². The van der Waals surface area contributed by atoms with Crippen LogP contribution < -0.4 is 0 Å². The Morgan fingerprint density at radius 2 is 1.67 bits per heavy atom. The summed E-state index contributed by atoms with van der Waals surface area (Å²) in [7, 11) is 0. The van der Waals surface area contributed by atoms with Gasteiger partial charge in [-0.25, -0.2) is 0 Å². The maximum Gasteiger partial charge on any atom is 0.295 e. The quantitative estimate of drug-likeness (QED) is 0.558. The van der Waals surface area contributed by atoms with E-state index in [-0.39, 0.29) is 18.5 Å².